The number of thiophene rings is 1. The molecule has 31 heavy (non-hydrogen) atoms. The lowest BCUT2D eigenvalue weighted by atomic mass is 10.1. The molecule has 0 unspecified atom stereocenters. The number of thiazole rings is 1. The fourth-order valence-corrected chi connectivity index (χ4v) is 4.15. The van der Waals surface area contributed by atoms with E-state index >= 15 is 0 Å². The van der Waals surface area contributed by atoms with Crippen molar-refractivity contribution in [3.8, 4) is 27.7 Å². The number of amides is 1. The largest absolute Gasteiger partial charge is 0.434 e. The highest BCUT2D eigenvalue weighted by Gasteiger charge is 2.15. The molecule has 0 bridgehead atoms. The highest BCUT2D eigenvalue weighted by atomic mass is 32.1. The normalized spacial score (nSPS) is 11.1. The molecule has 0 saturated heterocycles. The van der Waals surface area contributed by atoms with Crippen molar-refractivity contribution in [2.45, 2.75) is 25.9 Å². The van der Waals surface area contributed by atoms with Gasteiger partial charge in [-0.05, 0) is 30.0 Å². The molecule has 7 nitrogen and oxygen atoms in total. The van der Waals surface area contributed by atoms with E-state index in [1.165, 1.54) is 28.7 Å². The summed E-state index contributed by atoms with van der Waals surface area (Å²) in [6.45, 7) is -2.93. The maximum absolute atomic E-state index is 12.6. The van der Waals surface area contributed by atoms with Crippen molar-refractivity contribution in [1.82, 2.24) is 15.1 Å². The first-order valence-corrected chi connectivity index (χ1v) is 11.0. The molecule has 0 fully saturated rings. The molecule has 4 aromatic rings. The molecule has 0 atom stereocenters. The molecule has 0 aliphatic rings. The Balaban J connectivity index is 1.30. The molecule has 0 spiro atoms. The summed E-state index contributed by atoms with van der Waals surface area (Å²) in [6, 6.07) is 10.2. The lowest BCUT2D eigenvalue weighted by Gasteiger charge is -2.08. The van der Waals surface area contributed by atoms with Gasteiger partial charge in [0.15, 0.2) is 5.13 Å². The number of halogens is 2. The number of nitrogens with one attached hydrogen (secondary N) is 1. The van der Waals surface area contributed by atoms with Crippen LogP contribution >= 0.6 is 22.7 Å². The van der Waals surface area contributed by atoms with Crippen molar-refractivity contribution in [2.24, 2.45) is 0 Å². The van der Waals surface area contributed by atoms with Gasteiger partial charge in [-0.3, -0.25) is 4.79 Å². The molecule has 1 aromatic carbocycles. The number of rotatable bonds is 9. The van der Waals surface area contributed by atoms with Crippen LogP contribution < -0.4 is 10.1 Å². The lowest BCUT2D eigenvalue weighted by Crippen LogP contribution is -2.11. The van der Waals surface area contributed by atoms with Gasteiger partial charge in [-0.1, -0.05) is 23.4 Å². The van der Waals surface area contributed by atoms with Crippen LogP contribution in [-0.2, 0) is 11.2 Å². The van der Waals surface area contributed by atoms with Crippen molar-refractivity contribution in [3.63, 3.8) is 0 Å². The van der Waals surface area contributed by atoms with E-state index in [2.05, 4.69) is 25.2 Å². The number of benzene rings is 1. The van der Waals surface area contributed by atoms with E-state index in [4.69, 9.17) is 4.52 Å². The Bertz CT molecular complexity index is 1140. The number of hydrogen-bond donors (Lipinski definition) is 1. The van der Waals surface area contributed by atoms with Crippen LogP contribution in [0.2, 0.25) is 0 Å². The minimum atomic E-state index is -2.93. The zero-order valence-corrected chi connectivity index (χ0v) is 17.6. The monoisotopic (exact) mass is 462 g/mol. The van der Waals surface area contributed by atoms with E-state index in [1.807, 2.05) is 17.5 Å². The zero-order chi connectivity index (χ0) is 21.6. The number of aromatic nitrogens is 3. The number of hydrogen-bond acceptors (Lipinski definition) is 8. The van der Waals surface area contributed by atoms with Crippen LogP contribution in [0.4, 0.5) is 13.9 Å². The Morgan fingerprint density at radius 3 is 2.84 bits per heavy atom. The summed E-state index contributed by atoms with van der Waals surface area (Å²) in [5, 5.41) is 10.6. The second-order valence-corrected chi connectivity index (χ2v) is 8.11. The highest BCUT2D eigenvalue weighted by Crippen LogP contribution is 2.33. The molecule has 0 saturated carbocycles. The third-order valence-corrected chi connectivity index (χ3v) is 5.76. The molecule has 3 heterocycles. The van der Waals surface area contributed by atoms with Crippen LogP contribution in [0.5, 0.6) is 5.75 Å². The van der Waals surface area contributed by atoms with Gasteiger partial charge in [-0.2, -0.15) is 13.8 Å². The van der Waals surface area contributed by atoms with Crippen LogP contribution in [0.25, 0.3) is 22.0 Å². The van der Waals surface area contributed by atoms with Gasteiger partial charge in [-0.15, -0.1) is 22.7 Å². The molecule has 0 radical (unpaired) electrons. The SMILES string of the molecule is O=C(CCCc1nc(-c2cccs2)no1)Nc1nc(-c2ccccc2OC(F)F)cs1. The van der Waals surface area contributed by atoms with Gasteiger partial charge in [0.25, 0.3) is 0 Å². The molecule has 0 aliphatic carbocycles. The van der Waals surface area contributed by atoms with Crippen LogP contribution in [0.3, 0.4) is 0 Å². The third kappa shape index (κ3) is 5.50. The van der Waals surface area contributed by atoms with Crippen LogP contribution in [0.1, 0.15) is 18.7 Å². The number of carbonyl (C=O) groups excluding carboxylic acids is 1. The van der Waals surface area contributed by atoms with Crippen LogP contribution in [0.15, 0.2) is 51.7 Å². The zero-order valence-electron chi connectivity index (χ0n) is 16.0. The molecule has 3 aromatic heterocycles. The van der Waals surface area contributed by atoms with Gasteiger partial charge in [0.1, 0.15) is 5.75 Å². The topological polar surface area (TPSA) is 90.1 Å². The van der Waals surface area contributed by atoms with Gasteiger partial charge in [0.2, 0.25) is 17.6 Å². The standard InChI is InChI=1S/C20H16F2N4O3S2/c21-19(22)28-14-6-2-1-5-12(14)13-11-31-20(23-13)24-16(27)8-3-9-17-25-18(26-29-17)15-7-4-10-30-15/h1-2,4-7,10-11,19H,3,8-9H2,(H,23,24,27). The Kier molecular flexibility index (Phi) is 6.63. The van der Waals surface area contributed by atoms with Gasteiger partial charge in [0.05, 0.1) is 10.6 Å². The van der Waals surface area contributed by atoms with Crippen molar-refractivity contribution in [2.75, 3.05) is 5.32 Å². The Hall–Kier alpha value is -3.18. The van der Waals surface area contributed by atoms with Gasteiger partial charge in [0, 0.05) is 23.8 Å². The first-order valence-electron chi connectivity index (χ1n) is 9.24. The number of aryl methyl sites for hydroxylation is 1. The average molecular weight is 463 g/mol. The van der Waals surface area contributed by atoms with Crippen molar-refractivity contribution < 1.29 is 22.8 Å². The number of anilines is 1. The molecule has 4 rings (SSSR count). The van der Waals surface area contributed by atoms with E-state index in [9.17, 15) is 13.6 Å². The van der Waals surface area contributed by atoms with E-state index < -0.39 is 6.61 Å². The molecular weight excluding hydrogens is 446 g/mol. The van der Waals surface area contributed by atoms with Gasteiger partial charge >= 0.3 is 6.61 Å². The van der Waals surface area contributed by atoms with Crippen molar-refractivity contribution >= 4 is 33.7 Å². The molecule has 1 amide bonds. The lowest BCUT2D eigenvalue weighted by molar-refractivity contribution is -0.116. The van der Waals surface area contributed by atoms with Crippen LogP contribution in [-0.4, -0.2) is 27.6 Å². The summed E-state index contributed by atoms with van der Waals surface area (Å²) >= 11 is 2.73. The van der Waals surface area contributed by atoms with Crippen molar-refractivity contribution in [1.29, 1.82) is 0 Å². The quantitative estimate of drug-likeness (QED) is 0.354. The minimum absolute atomic E-state index is 0.0298. The summed E-state index contributed by atoms with van der Waals surface area (Å²) in [6.07, 6.45) is 1.26. The number of para-hydroxylation sites is 1. The van der Waals surface area contributed by atoms with E-state index in [0.29, 0.717) is 40.9 Å². The minimum Gasteiger partial charge on any atom is -0.434 e. The highest BCUT2D eigenvalue weighted by molar-refractivity contribution is 7.14. The third-order valence-electron chi connectivity index (χ3n) is 4.13. The molecule has 11 heteroatoms. The predicted molar refractivity (Wildman–Crippen MR) is 113 cm³/mol. The number of nitrogens with zero attached hydrogens (tertiary/aromatic N) is 3. The summed E-state index contributed by atoms with van der Waals surface area (Å²) in [7, 11) is 0. The maximum Gasteiger partial charge on any atom is 0.387 e. The molecule has 160 valence electrons. The Labute approximate surface area is 183 Å². The second-order valence-electron chi connectivity index (χ2n) is 6.30. The second kappa shape index (κ2) is 9.75. The molecular formula is C20H16F2N4O3S2. The first kappa shape index (κ1) is 21.1. The molecule has 1 N–H and O–H groups in total. The van der Waals surface area contributed by atoms with E-state index in [0.717, 1.165) is 4.88 Å². The Morgan fingerprint density at radius 1 is 1.16 bits per heavy atom. The fraction of sp³-hybridized carbons (Fsp3) is 0.200. The van der Waals surface area contributed by atoms with E-state index in [-0.39, 0.29) is 18.1 Å². The molecule has 0 aliphatic heterocycles. The maximum atomic E-state index is 12.6. The van der Waals surface area contributed by atoms with Gasteiger partial charge in [-0.25, -0.2) is 4.98 Å². The fourth-order valence-electron chi connectivity index (χ4n) is 2.78. The Morgan fingerprint density at radius 2 is 2.03 bits per heavy atom. The summed E-state index contributed by atoms with van der Waals surface area (Å²) in [5.74, 6) is 0.836. The summed E-state index contributed by atoms with van der Waals surface area (Å²) in [4.78, 5) is 21.8. The number of ether oxygens (including phenoxy) is 1. The predicted octanol–water partition coefficient (Wildman–Crippen LogP) is 5.48. The first-order chi connectivity index (χ1) is 15.1. The number of alkyl halides is 2. The summed E-state index contributed by atoms with van der Waals surface area (Å²) in [5.41, 5.74) is 0.876. The average Bonchev–Trinajstić information content (AvgIpc) is 3.50. The van der Waals surface area contributed by atoms with E-state index in [1.54, 1.807) is 23.6 Å². The van der Waals surface area contributed by atoms with Crippen molar-refractivity contribution in [3.05, 3.63) is 53.0 Å². The van der Waals surface area contributed by atoms with Crippen LogP contribution in [0, 0.1) is 0 Å². The summed E-state index contributed by atoms with van der Waals surface area (Å²) < 4.78 is 34.9. The number of carbonyl (C=O) groups is 1. The smallest absolute Gasteiger partial charge is 0.387 e. The van der Waals surface area contributed by atoms with Gasteiger partial charge < -0.3 is 14.6 Å².